The van der Waals surface area contributed by atoms with Crippen LogP contribution in [0, 0.1) is 0 Å². The lowest BCUT2D eigenvalue weighted by molar-refractivity contribution is 0.313. The Morgan fingerprint density at radius 2 is 0.800 bits per heavy atom. The number of hydrogen-bond donors (Lipinski definition) is 0. The van der Waals surface area contributed by atoms with E-state index in [-0.39, 0.29) is 5.41 Å². The zero-order chi connectivity index (χ0) is 49.6. The Labute approximate surface area is 437 Å². The van der Waals surface area contributed by atoms with Gasteiger partial charge in [-0.2, -0.15) is 0 Å². The molecule has 0 radical (unpaired) electrons. The maximum atomic E-state index is 7.26. The number of benzene rings is 12. The molecule has 0 N–H and O–H groups in total. The van der Waals surface area contributed by atoms with Gasteiger partial charge in [0.25, 0.3) is 0 Å². The lowest BCUT2D eigenvalue weighted by atomic mass is 9.70. The van der Waals surface area contributed by atoms with Crippen molar-refractivity contribution >= 4 is 38.6 Å². The van der Waals surface area contributed by atoms with Crippen molar-refractivity contribution in [3.8, 4) is 72.5 Å². The fourth-order valence-electron chi connectivity index (χ4n) is 14.2. The first-order chi connectivity index (χ1) is 37.0. The third-order valence-electron chi connectivity index (χ3n) is 17.4. The molecule has 1 aliphatic heterocycles. The summed E-state index contributed by atoms with van der Waals surface area (Å²) in [5, 5.41) is 4.66. The molecule has 16 rings (SSSR count). The molecule has 12 aromatic rings. The Morgan fingerprint density at radius 1 is 0.333 bits per heavy atom. The van der Waals surface area contributed by atoms with Crippen molar-refractivity contribution in [3.05, 3.63) is 288 Å². The summed E-state index contributed by atoms with van der Waals surface area (Å²) < 4.78 is 7.26. The van der Waals surface area contributed by atoms with Crippen LogP contribution in [0.3, 0.4) is 0 Å². The van der Waals surface area contributed by atoms with Crippen LogP contribution in [0.25, 0.3) is 88.3 Å². The van der Waals surface area contributed by atoms with Gasteiger partial charge in [-0.25, -0.2) is 0 Å². The second kappa shape index (κ2) is 15.6. The molecule has 2 nitrogen and oxygen atoms in total. The van der Waals surface area contributed by atoms with E-state index in [4.69, 9.17) is 4.74 Å². The smallest absolute Gasteiger partial charge is 0.135 e. The predicted molar refractivity (Wildman–Crippen MR) is 311 cm³/mol. The van der Waals surface area contributed by atoms with Gasteiger partial charge in [0.05, 0.1) is 11.1 Å². The third-order valence-corrected chi connectivity index (χ3v) is 17.4. The monoisotopic (exact) mass is 955 g/mol. The zero-order valence-corrected chi connectivity index (χ0v) is 41.7. The van der Waals surface area contributed by atoms with Crippen molar-refractivity contribution in [3.63, 3.8) is 0 Å². The highest BCUT2D eigenvalue weighted by Crippen LogP contribution is 2.64. The summed E-state index contributed by atoms with van der Waals surface area (Å²) in [6, 6.07) is 93.4. The largest absolute Gasteiger partial charge is 0.488 e. The minimum atomic E-state index is -0.498. The van der Waals surface area contributed by atoms with Crippen LogP contribution in [0.1, 0.15) is 52.8 Å². The molecule has 1 spiro atoms. The second-order valence-corrected chi connectivity index (χ2v) is 21.4. The molecule has 0 bridgehead atoms. The van der Waals surface area contributed by atoms with E-state index in [9.17, 15) is 0 Å². The van der Waals surface area contributed by atoms with E-state index in [0.29, 0.717) is 6.61 Å². The summed E-state index contributed by atoms with van der Waals surface area (Å²) in [6.07, 6.45) is 0. The molecule has 0 atom stereocenters. The number of rotatable bonds is 3. The van der Waals surface area contributed by atoms with Crippen LogP contribution in [0.4, 0.5) is 17.1 Å². The summed E-state index contributed by atoms with van der Waals surface area (Å²) in [4.78, 5) is 2.57. The Hall–Kier alpha value is -9.24. The van der Waals surface area contributed by atoms with Crippen LogP contribution in [0.5, 0.6) is 5.75 Å². The summed E-state index contributed by atoms with van der Waals surface area (Å²) in [7, 11) is 0. The molecule has 4 aliphatic rings. The summed E-state index contributed by atoms with van der Waals surface area (Å²) in [6.45, 7) is 5.17. The van der Waals surface area contributed by atoms with Crippen LogP contribution in [0.2, 0.25) is 0 Å². The van der Waals surface area contributed by atoms with Gasteiger partial charge < -0.3 is 9.64 Å². The second-order valence-electron chi connectivity index (χ2n) is 21.4. The molecule has 3 aliphatic carbocycles. The molecule has 0 fully saturated rings. The number of nitrogens with zero attached hydrogens (tertiary/aromatic N) is 1. The molecule has 1 heterocycles. The molecular weight excluding hydrogens is 907 g/mol. The molecule has 0 unspecified atom stereocenters. The van der Waals surface area contributed by atoms with Gasteiger partial charge in [0, 0.05) is 38.9 Å². The van der Waals surface area contributed by atoms with Gasteiger partial charge in [-0.05, 0) is 142 Å². The number of ether oxygens (including phenoxy) is 1. The lowest BCUT2D eigenvalue weighted by Crippen LogP contribution is -2.26. The SMILES string of the molecule is CC1(C)c2ccccc2-c2c(N(c3ccc4c(c3)-c3ccc5ccccc5c3COc3c(ccc5ccccc35)-c3ccccc3-4)c3ccc4c(c3)C3(c5ccccc5-c5ccccc53)c3ccccc3-4)cccc21. The van der Waals surface area contributed by atoms with E-state index < -0.39 is 5.41 Å². The van der Waals surface area contributed by atoms with Crippen molar-refractivity contribution in [2.45, 2.75) is 31.3 Å². The predicted octanol–water partition coefficient (Wildman–Crippen LogP) is 19.0. The number of hydrogen-bond acceptors (Lipinski definition) is 2. The van der Waals surface area contributed by atoms with E-state index in [2.05, 4.69) is 267 Å². The summed E-state index contributed by atoms with van der Waals surface area (Å²) >= 11 is 0. The first-order valence-corrected chi connectivity index (χ1v) is 26.4. The first-order valence-electron chi connectivity index (χ1n) is 26.4. The van der Waals surface area contributed by atoms with E-state index in [1.165, 1.54) is 94.2 Å². The first kappa shape index (κ1) is 42.3. The normalized spacial score (nSPS) is 14.3. The number of fused-ring (bicyclic) bond motifs is 24. The van der Waals surface area contributed by atoms with Gasteiger partial charge in [-0.1, -0.05) is 226 Å². The number of anilines is 3. The molecule has 0 amide bonds. The van der Waals surface area contributed by atoms with E-state index in [1.807, 2.05) is 0 Å². The van der Waals surface area contributed by atoms with Gasteiger partial charge in [0.1, 0.15) is 12.4 Å². The highest BCUT2D eigenvalue weighted by molar-refractivity contribution is 6.04. The molecular formula is C73H49NO. The van der Waals surface area contributed by atoms with Crippen molar-refractivity contribution in [2.24, 2.45) is 0 Å². The van der Waals surface area contributed by atoms with E-state index in [0.717, 1.165) is 55.8 Å². The highest BCUT2D eigenvalue weighted by atomic mass is 16.5. The molecule has 12 aromatic carbocycles. The Morgan fingerprint density at radius 3 is 1.48 bits per heavy atom. The van der Waals surface area contributed by atoms with Gasteiger partial charge in [0.15, 0.2) is 0 Å². The van der Waals surface area contributed by atoms with Gasteiger partial charge in [-0.3, -0.25) is 0 Å². The minimum absolute atomic E-state index is 0.192. The van der Waals surface area contributed by atoms with Gasteiger partial charge in [-0.15, -0.1) is 0 Å². The molecule has 75 heavy (non-hydrogen) atoms. The van der Waals surface area contributed by atoms with Gasteiger partial charge in [0.2, 0.25) is 0 Å². The van der Waals surface area contributed by atoms with Crippen molar-refractivity contribution in [1.29, 1.82) is 0 Å². The minimum Gasteiger partial charge on any atom is -0.488 e. The standard InChI is InChI=1S/C73H49NO/c1-72(2)63-28-13-12-27-60(63)70-67(72)32-17-33-69(70)74(48-37-41-58-57-26-11-16-31-66(57)73(68(58)43-48)64-29-14-9-24-55(64)56-25-10-15-30-65(56)73)47-36-40-53-51-22-7-8-23-52(51)59-39-35-46-19-4-6-21-50(46)71(59)75-44-62-49-20-5-3-18-45(49)34-38-54(62)61(53)42-47/h3-43H,44H2,1-2H3. The molecule has 352 valence electrons. The lowest BCUT2D eigenvalue weighted by Gasteiger charge is -2.33. The van der Waals surface area contributed by atoms with Crippen LogP contribution >= 0.6 is 0 Å². The third kappa shape index (κ3) is 5.74. The van der Waals surface area contributed by atoms with Crippen LogP contribution in [0.15, 0.2) is 249 Å². The average Bonchev–Trinajstić information content (AvgIpc) is 4.25. The van der Waals surface area contributed by atoms with Crippen molar-refractivity contribution in [1.82, 2.24) is 0 Å². The maximum absolute atomic E-state index is 7.26. The molecule has 2 heteroatoms. The van der Waals surface area contributed by atoms with Crippen LogP contribution in [-0.2, 0) is 17.4 Å². The molecule has 0 saturated carbocycles. The van der Waals surface area contributed by atoms with Crippen molar-refractivity contribution in [2.75, 3.05) is 4.90 Å². The topological polar surface area (TPSA) is 12.5 Å². The van der Waals surface area contributed by atoms with Gasteiger partial charge >= 0.3 is 0 Å². The van der Waals surface area contributed by atoms with E-state index >= 15 is 0 Å². The summed E-state index contributed by atoms with van der Waals surface area (Å²) in [5.41, 5.74) is 26.5. The average molecular weight is 956 g/mol. The Kier molecular flexibility index (Phi) is 8.82. The Balaban J connectivity index is 1.00. The van der Waals surface area contributed by atoms with Crippen molar-refractivity contribution < 1.29 is 4.74 Å². The fourth-order valence-corrected chi connectivity index (χ4v) is 14.2. The summed E-state index contributed by atoms with van der Waals surface area (Å²) in [5.74, 6) is 0.913. The molecule has 0 aromatic heterocycles. The quantitative estimate of drug-likeness (QED) is 0.175. The fraction of sp³-hybridized carbons (Fsp3) is 0.0685. The Bertz CT molecular complexity index is 4360. The van der Waals surface area contributed by atoms with Crippen LogP contribution in [-0.4, -0.2) is 0 Å². The highest BCUT2D eigenvalue weighted by Gasteiger charge is 2.52. The van der Waals surface area contributed by atoms with Crippen LogP contribution < -0.4 is 9.64 Å². The maximum Gasteiger partial charge on any atom is 0.135 e. The van der Waals surface area contributed by atoms with E-state index in [1.54, 1.807) is 0 Å². The molecule has 0 saturated heterocycles. The zero-order valence-electron chi connectivity index (χ0n) is 41.7.